The molecule has 0 N–H and O–H groups in total. The van der Waals surface area contributed by atoms with Gasteiger partial charge in [-0.05, 0) is 78.2 Å². The highest BCUT2D eigenvalue weighted by molar-refractivity contribution is 6.11. The van der Waals surface area contributed by atoms with E-state index in [1.807, 2.05) is 118 Å². The van der Waals surface area contributed by atoms with Crippen molar-refractivity contribution in [2.45, 2.75) is 44.6 Å². The quantitative estimate of drug-likeness (QED) is 0.138. The zero-order chi connectivity index (χ0) is 27.2. The summed E-state index contributed by atoms with van der Waals surface area (Å²) >= 11 is 0. The summed E-state index contributed by atoms with van der Waals surface area (Å²) in [5.41, 5.74) is -0.357. The van der Waals surface area contributed by atoms with Crippen LogP contribution >= 0.6 is 0 Å². The molecule has 1 aliphatic rings. The molecule has 0 bridgehead atoms. The molecule has 0 heterocycles. The van der Waals surface area contributed by atoms with Gasteiger partial charge in [-0.1, -0.05) is 91.0 Å². The number of rotatable bonds is 4. The molecule has 1 aliphatic carbocycles. The van der Waals surface area contributed by atoms with Crippen LogP contribution in [0, 0.1) is 0 Å². The number of carbonyl (C=O) groups is 2. The van der Waals surface area contributed by atoms with Crippen LogP contribution in [0.5, 0.6) is 5.75 Å². The van der Waals surface area contributed by atoms with E-state index in [0.717, 1.165) is 37.9 Å². The second-order valence-corrected chi connectivity index (χ2v) is 11.3. The predicted octanol–water partition coefficient (Wildman–Crippen LogP) is 8.05. The number of esters is 2. The third kappa shape index (κ3) is 4.57. The number of carbonyl (C=O) groups excluding carboxylic acids is 2. The molecule has 1 atom stereocenters. The first-order chi connectivity index (χ1) is 18.7. The second kappa shape index (κ2) is 9.39. The van der Waals surface area contributed by atoms with E-state index < -0.39 is 17.0 Å². The molecule has 0 saturated heterocycles. The molecule has 0 unspecified atom stereocenters. The highest BCUT2D eigenvalue weighted by Crippen LogP contribution is 2.44. The number of hydrogen-bond donors (Lipinski definition) is 0. The molecule has 194 valence electrons. The topological polar surface area (TPSA) is 52.6 Å². The molecule has 39 heavy (non-hydrogen) atoms. The Kier molecular flexibility index (Phi) is 5.99. The summed E-state index contributed by atoms with van der Waals surface area (Å²) in [6.45, 7) is 5.53. The lowest BCUT2D eigenvalue weighted by molar-refractivity contribution is -0.150. The van der Waals surface area contributed by atoms with Crippen LogP contribution in [0.2, 0.25) is 0 Å². The van der Waals surface area contributed by atoms with E-state index in [0.29, 0.717) is 17.7 Å². The maximum absolute atomic E-state index is 14.3. The summed E-state index contributed by atoms with van der Waals surface area (Å²) in [5, 5.41) is 6.12. The van der Waals surface area contributed by atoms with Gasteiger partial charge in [-0.25, -0.2) is 4.79 Å². The minimum absolute atomic E-state index is 0.213. The number of hydrogen-bond acceptors (Lipinski definition) is 4. The summed E-state index contributed by atoms with van der Waals surface area (Å²) in [5.74, 6) is -0.262. The van der Waals surface area contributed by atoms with Gasteiger partial charge in [0.25, 0.3) is 0 Å². The van der Waals surface area contributed by atoms with Crippen molar-refractivity contribution in [3.63, 3.8) is 0 Å². The van der Waals surface area contributed by atoms with Crippen molar-refractivity contribution in [1.82, 2.24) is 0 Å². The fraction of sp³-hybridized carbons (Fsp3) is 0.200. The fourth-order valence-electron chi connectivity index (χ4n) is 5.55. The van der Waals surface area contributed by atoms with Crippen LogP contribution < -0.4 is 4.74 Å². The Morgan fingerprint density at radius 2 is 1.36 bits per heavy atom. The molecule has 0 aliphatic heterocycles. The predicted molar refractivity (Wildman–Crippen MR) is 156 cm³/mol. The maximum Gasteiger partial charge on any atom is 0.334 e. The van der Waals surface area contributed by atoms with Gasteiger partial charge in [0.15, 0.2) is 0 Å². The minimum Gasteiger partial charge on any atom is -0.457 e. The molecule has 0 aromatic heterocycles. The SMILES string of the molecule is CC(C)(C)OC(=O)C1=CC[C@@](C(=O)Oc2cc3ccccc3c3ccccc23)(c2ccc3ccccc3c2)C1. The van der Waals surface area contributed by atoms with Crippen molar-refractivity contribution in [2.75, 3.05) is 0 Å². The molecule has 0 spiro atoms. The third-order valence-electron chi connectivity index (χ3n) is 7.48. The van der Waals surface area contributed by atoms with Gasteiger partial charge in [-0.2, -0.15) is 0 Å². The summed E-state index contributed by atoms with van der Waals surface area (Å²) < 4.78 is 12.0. The van der Waals surface area contributed by atoms with Gasteiger partial charge in [-0.3, -0.25) is 4.79 Å². The normalized spacial score (nSPS) is 17.4. The lowest BCUT2D eigenvalue weighted by Crippen LogP contribution is -2.38. The van der Waals surface area contributed by atoms with E-state index in [1.54, 1.807) is 0 Å². The van der Waals surface area contributed by atoms with Crippen molar-refractivity contribution in [1.29, 1.82) is 0 Å². The molecule has 5 aromatic carbocycles. The van der Waals surface area contributed by atoms with Gasteiger partial charge in [-0.15, -0.1) is 0 Å². The molecule has 0 amide bonds. The first-order valence-electron chi connectivity index (χ1n) is 13.3. The molecule has 6 rings (SSSR count). The average molecular weight is 515 g/mol. The molecule has 0 fully saturated rings. The van der Waals surface area contributed by atoms with E-state index in [1.165, 1.54) is 0 Å². The van der Waals surface area contributed by atoms with Gasteiger partial charge in [0.2, 0.25) is 0 Å². The van der Waals surface area contributed by atoms with Gasteiger partial charge in [0.1, 0.15) is 16.8 Å². The highest BCUT2D eigenvalue weighted by Gasteiger charge is 2.47. The Morgan fingerprint density at radius 3 is 2.10 bits per heavy atom. The Morgan fingerprint density at radius 1 is 0.718 bits per heavy atom. The first kappa shape index (κ1) is 24.9. The van der Waals surface area contributed by atoms with Gasteiger partial charge in [0.05, 0.1) is 0 Å². The molecule has 5 aromatic rings. The standard InChI is InChI=1S/C35H30O4/c1-34(2,3)39-32(36)26-18-19-35(22-26,27-17-16-23-10-4-5-11-24(23)20-27)33(37)38-31-21-25-12-6-7-13-28(25)29-14-8-9-15-30(29)31/h4-18,20-21H,19,22H2,1-3H3/t35-/m0/s1. The second-order valence-electron chi connectivity index (χ2n) is 11.3. The maximum atomic E-state index is 14.3. The van der Waals surface area contributed by atoms with E-state index in [4.69, 9.17) is 9.47 Å². The fourth-order valence-corrected chi connectivity index (χ4v) is 5.55. The molecule has 0 radical (unpaired) electrons. The minimum atomic E-state index is -1.05. The van der Waals surface area contributed by atoms with Crippen molar-refractivity contribution in [2.24, 2.45) is 0 Å². The van der Waals surface area contributed by atoms with E-state index in [9.17, 15) is 9.59 Å². The summed E-state index contributed by atoms with van der Waals surface area (Å²) in [6, 6.07) is 32.1. The van der Waals surface area contributed by atoms with Crippen molar-refractivity contribution in [3.05, 3.63) is 114 Å². The Labute approximate surface area is 227 Å². The third-order valence-corrected chi connectivity index (χ3v) is 7.48. The van der Waals surface area contributed by atoms with Crippen molar-refractivity contribution >= 4 is 44.3 Å². The van der Waals surface area contributed by atoms with E-state index in [2.05, 4.69) is 6.07 Å². The molecule has 4 nitrogen and oxygen atoms in total. The van der Waals surface area contributed by atoms with Crippen molar-refractivity contribution < 1.29 is 19.1 Å². The lowest BCUT2D eigenvalue weighted by Gasteiger charge is -2.29. The molecule has 0 saturated carbocycles. The average Bonchev–Trinajstić information content (AvgIpc) is 3.39. The summed E-state index contributed by atoms with van der Waals surface area (Å²) in [7, 11) is 0. The highest BCUT2D eigenvalue weighted by atomic mass is 16.6. The largest absolute Gasteiger partial charge is 0.457 e. The monoisotopic (exact) mass is 514 g/mol. The van der Waals surface area contributed by atoms with E-state index >= 15 is 0 Å². The Hall–Kier alpha value is -4.44. The van der Waals surface area contributed by atoms with Crippen LogP contribution in [0.4, 0.5) is 0 Å². The molecular weight excluding hydrogens is 484 g/mol. The van der Waals surface area contributed by atoms with Crippen LogP contribution in [-0.2, 0) is 19.7 Å². The van der Waals surface area contributed by atoms with Crippen LogP contribution in [0.1, 0.15) is 39.2 Å². The smallest absolute Gasteiger partial charge is 0.334 e. The summed E-state index contributed by atoms with van der Waals surface area (Å²) in [6.07, 6.45) is 2.40. The number of allylic oxidation sites excluding steroid dienone is 1. The molecular formula is C35H30O4. The zero-order valence-electron chi connectivity index (χ0n) is 22.4. The van der Waals surface area contributed by atoms with Crippen LogP contribution in [0.15, 0.2) is 109 Å². The van der Waals surface area contributed by atoms with Crippen LogP contribution in [-0.4, -0.2) is 17.5 Å². The van der Waals surface area contributed by atoms with Gasteiger partial charge >= 0.3 is 11.9 Å². The van der Waals surface area contributed by atoms with Crippen molar-refractivity contribution in [3.8, 4) is 5.75 Å². The zero-order valence-corrected chi connectivity index (χ0v) is 22.4. The molecule has 4 heteroatoms. The summed E-state index contributed by atoms with van der Waals surface area (Å²) in [4.78, 5) is 27.4. The first-order valence-corrected chi connectivity index (χ1v) is 13.3. The Bertz CT molecular complexity index is 1790. The number of benzene rings is 5. The van der Waals surface area contributed by atoms with E-state index in [-0.39, 0.29) is 12.4 Å². The lowest BCUT2D eigenvalue weighted by atomic mass is 9.76. The Balaban J connectivity index is 1.44. The van der Waals surface area contributed by atoms with Gasteiger partial charge < -0.3 is 9.47 Å². The number of ether oxygens (including phenoxy) is 2. The van der Waals surface area contributed by atoms with Crippen LogP contribution in [0.25, 0.3) is 32.3 Å². The van der Waals surface area contributed by atoms with Crippen LogP contribution in [0.3, 0.4) is 0 Å². The van der Waals surface area contributed by atoms with Gasteiger partial charge in [0, 0.05) is 11.0 Å². The number of fused-ring (bicyclic) bond motifs is 4.